The normalized spacial score (nSPS) is 12.2. The molecule has 2 aromatic rings. The Morgan fingerprint density at radius 1 is 1.08 bits per heavy atom. The largest absolute Gasteiger partial charge is 0.478 e. The molecule has 0 saturated carbocycles. The van der Waals surface area contributed by atoms with Crippen molar-refractivity contribution in [1.29, 1.82) is 0 Å². The van der Waals surface area contributed by atoms with E-state index < -0.39 is 16.0 Å². The molecule has 0 bridgehead atoms. The first kappa shape index (κ1) is 18.6. The summed E-state index contributed by atoms with van der Waals surface area (Å²) in [6.07, 6.45) is 0. The van der Waals surface area contributed by atoms with Crippen LogP contribution in [0.2, 0.25) is 0 Å². The first-order valence-corrected chi connectivity index (χ1v) is 8.82. The van der Waals surface area contributed by atoms with Crippen LogP contribution >= 0.6 is 0 Å². The minimum absolute atomic E-state index is 0.163. The highest BCUT2D eigenvalue weighted by atomic mass is 32.2. The lowest BCUT2D eigenvalue weighted by Gasteiger charge is -2.11. The molecular formula is C17H19N3O4S. The van der Waals surface area contributed by atoms with Crippen molar-refractivity contribution in [2.24, 2.45) is 5.10 Å². The number of nitrogens with one attached hydrogen (secondary N) is 1. The average Bonchev–Trinajstić information content (AvgIpc) is 2.59. The lowest BCUT2D eigenvalue weighted by atomic mass is 10.1. The van der Waals surface area contributed by atoms with E-state index in [2.05, 4.69) is 10.5 Å². The van der Waals surface area contributed by atoms with Crippen LogP contribution in [-0.4, -0.2) is 43.6 Å². The highest BCUT2D eigenvalue weighted by Crippen LogP contribution is 2.15. The molecule has 0 atom stereocenters. The average molecular weight is 361 g/mol. The van der Waals surface area contributed by atoms with Gasteiger partial charge in [-0.2, -0.15) is 5.10 Å². The molecule has 7 nitrogen and oxygen atoms in total. The van der Waals surface area contributed by atoms with Crippen LogP contribution < -0.4 is 5.43 Å². The number of carboxylic acid groups (broad SMARTS) is 1. The molecule has 0 aromatic heterocycles. The highest BCUT2D eigenvalue weighted by Gasteiger charge is 2.16. The van der Waals surface area contributed by atoms with Crippen molar-refractivity contribution >= 4 is 27.4 Å². The Kier molecular flexibility index (Phi) is 5.55. The van der Waals surface area contributed by atoms with Crippen LogP contribution in [0.1, 0.15) is 22.8 Å². The number of carboxylic acids is 1. The number of hydrogen-bond donors (Lipinski definition) is 2. The lowest BCUT2D eigenvalue weighted by molar-refractivity contribution is 0.0697. The summed E-state index contributed by atoms with van der Waals surface area (Å²) < 4.78 is 25.2. The number of benzene rings is 2. The molecular weight excluding hydrogens is 342 g/mol. The van der Waals surface area contributed by atoms with Crippen LogP contribution in [0.25, 0.3) is 0 Å². The maximum atomic E-state index is 12.0. The molecule has 0 aliphatic carbocycles. The molecule has 0 fully saturated rings. The fraction of sp³-hybridized carbons (Fsp3) is 0.176. The summed E-state index contributed by atoms with van der Waals surface area (Å²) in [6, 6.07) is 12.7. The number of rotatable bonds is 6. The number of anilines is 1. The van der Waals surface area contributed by atoms with Crippen LogP contribution in [-0.2, 0) is 10.0 Å². The molecule has 2 N–H and O–H groups in total. The number of sulfonamides is 1. The third-order valence-electron chi connectivity index (χ3n) is 3.51. The fourth-order valence-electron chi connectivity index (χ4n) is 2.01. The molecule has 0 spiro atoms. The van der Waals surface area contributed by atoms with Crippen LogP contribution in [0.5, 0.6) is 0 Å². The van der Waals surface area contributed by atoms with Crippen LogP contribution in [0.15, 0.2) is 58.5 Å². The van der Waals surface area contributed by atoms with Gasteiger partial charge in [-0.3, -0.25) is 5.43 Å². The van der Waals surface area contributed by atoms with Gasteiger partial charge in [-0.25, -0.2) is 17.5 Å². The van der Waals surface area contributed by atoms with Crippen molar-refractivity contribution < 1.29 is 18.3 Å². The van der Waals surface area contributed by atoms with Crippen molar-refractivity contribution in [2.45, 2.75) is 11.8 Å². The Morgan fingerprint density at radius 2 is 1.72 bits per heavy atom. The predicted octanol–water partition coefficient (Wildman–Crippen LogP) is 2.47. The Balaban J connectivity index is 2.18. The second-order valence-corrected chi connectivity index (χ2v) is 7.66. The van der Waals surface area contributed by atoms with Gasteiger partial charge in [0, 0.05) is 14.1 Å². The molecule has 0 aliphatic rings. The zero-order valence-corrected chi connectivity index (χ0v) is 14.9. The van der Waals surface area contributed by atoms with E-state index in [9.17, 15) is 13.2 Å². The SMILES string of the molecule is CC(=NNc1cccc(C(=O)O)c1)c1ccc(S(=O)(=O)N(C)C)cc1. The second kappa shape index (κ2) is 7.45. The van der Waals surface area contributed by atoms with E-state index in [1.54, 1.807) is 31.2 Å². The number of hydrazone groups is 1. The number of hydrogen-bond acceptors (Lipinski definition) is 5. The summed E-state index contributed by atoms with van der Waals surface area (Å²) >= 11 is 0. The van der Waals surface area contributed by atoms with Crippen molar-refractivity contribution in [3.63, 3.8) is 0 Å². The van der Waals surface area contributed by atoms with Gasteiger partial charge in [0.25, 0.3) is 0 Å². The third-order valence-corrected chi connectivity index (χ3v) is 5.34. The third kappa shape index (κ3) is 4.43. The van der Waals surface area contributed by atoms with E-state index in [1.165, 1.54) is 38.4 Å². The van der Waals surface area contributed by atoms with Crippen molar-refractivity contribution in [2.75, 3.05) is 19.5 Å². The Bertz CT molecular complexity index is 904. The zero-order valence-electron chi connectivity index (χ0n) is 14.1. The molecule has 0 saturated heterocycles. The molecule has 8 heteroatoms. The monoisotopic (exact) mass is 361 g/mol. The molecule has 0 unspecified atom stereocenters. The zero-order chi connectivity index (χ0) is 18.6. The molecule has 0 radical (unpaired) electrons. The predicted molar refractivity (Wildman–Crippen MR) is 96.5 cm³/mol. The molecule has 2 rings (SSSR count). The first-order chi connectivity index (χ1) is 11.7. The summed E-state index contributed by atoms with van der Waals surface area (Å²) in [5, 5.41) is 13.2. The minimum atomic E-state index is -3.47. The van der Waals surface area contributed by atoms with Gasteiger partial charge in [0.2, 0.25) is 10.0 Å². The maximum Gasteiger partial charge on any atom is 0.335 e. The van der Waals surface area contributed by atoms with Gasteiger partial charge in [-0.15, -0.1) is 0 Å². The summed E-state index contributed by atoms with van der Waals surface area (Å²) in [6.45, 7) is 1.77. The van der Waals surface area contributed by atoms with Gasteiger partial charge >= 0.3 is 5.97 Å². The van der Waals surface area contributed by atoms with Crippen molar-refractivity contribution in [3.05, 3.63) is 59.7 Å². The summed E-state index contributed by atoms with van der Waals surface area (Å²) in [7, 11) is -0.511. The van der Waals surface area contributed by atoms with Gasteiger partial charge in [-0.05, 0) is 42.8 Å². The van der Waals surface area contributed by atoms with Crippen LogP contribution in [0, 0.1) is 0 Å². The Hall–Kier alpha value is -2.71. The first-order valence-electron chi connectivity index (χ1n) is 7.38. The van der Waals surface area contributed by atoms with E-state index in [-0.39, 0.29) is 10.5 Å². The van der Waals surface area contributed by atoms with Gasteiger partial charge in [-0.1, -0.05) is 18.2 Å². The molecule has 0 heterocycles. The Morgan fingerprint density at radius 3 is 2.28 bits per heavy atom. The van der Waals surface area contributed by atoms with E-state index >= 15 is 0 Å². The number of nitrogens with zero attached hydrogens (tertiary/aromatic N) is 2. The molecule has 0 aliphatic heterocycles. The van der Waals surface area contributed by atoms with Crippen LogP contribution in [0.4, 0.5) is 5.69 Å². The molecule has 132 valence electrons. The maximum absolute atomic E-state index is 12.0. The topological polar surface area (TPSA) is 99.1 Å². The minimum Gasteiger partial charge on any atom is -0.478 e. The van der Waals surface area contributed by atoms with Gasteiger partial charge in [0.1, 0.15) is 0 Å². The van der Waals surface area contributed by atoms with Crippen LogP contribution in [0.3, 0.4) is 0 Å². The summed E-state index contributed by atoms with van der Waals surface area (Å²) in [5.41, 5.74) is 4.89. The molecule has 2 aromatic carbocycles. The van der Waals surface area contributed by atoms with Gasteiger partial charge < -0.3 is 5.11 Å². The van der Waals surface area contributed by atoms with E-state index in [1.807, 2.05) is 0 Å². The van der Waals surface area contributed by atoms with Gasteiger partial charge in [0.05, 0.1) is 21.9 Å². The number of carbonyl (C=O) groups is 1. The van der Waals surface area contributed by atoms with Crippen molar-refractivity contribution in [1.82, 2.24) is 4.31 Å². The highest BCUT2D eigenvalue weighted by molar-refractivity contribution is 7.89. The Labute approximate surface area is 146 Å². The van der Waals surface area contributed by atoms with Gasteiger partial charge in [0.15, 0.2) is 0 Å². The van der Waals surface area contributed by atoms with Crippen molar-refractivity contribution in [3.8, 4) is 0 Å². The molecule has 25 heavy (non-hydrogen) atoms. The van der Waals surface area contributed by atoms with E-state index in [4.69, 9.17) is 5.11 Å². The smallest absolute Gasteiger partial charge is 0.335 e. The molecule has 0 amide bonds. The van der Waals surface area contributed by atoms with E-state index in [0.29, 0.717) is 11.4 Å². The van der Waals surface area contributed by atoms with E-state index in [0.717, 1.165) is 9.87 Å². The quantitative estimate of drug-likeness (QED) is 0.608. The fourth-order valence-corrected chi connectivity index (χ4v) is 2.92. The summed E-state index contributed by atoms with van der Waals surface area (Å²) in [4.78, 5) is 11.2. The lowest BCUT2D eigenvalue weighted by Crippen LogP contribution is -2.22. The second-order valence-electron chi connectivity index (χ2n) is 5.51. The number of aromatic carboxylic acids is 1. The standard InChI is InChI=1S/C17H19N3O4S/c1-12(18-19-15-6-4-5-14(11-15)17(21)22)13-7-9-16(10-8-13)25(23,24)20(2)3/h4-11,19H,1-3H3,(H,21,22). The summed E-state index contributed by atoms with van der Waals surface area (Å²) in [5.74, 6) is -1.01.